The van der Waals surface area contributed by atoms with Crippen LogP contribution in [0.1, 0.15) is 104 Å². The van der Waals surface area contributed by atoms with E-state index < -0.39 is 124 Å². The maximum Gasteiger partial charge on any atom is 0.243 e. The Bertz CT molecular complexity index is 3110. The van der Waals surface area contributed by atoms with Gasteiger partial charge in [0, 0.05) is 0 Å². The molecule has 0 aliphatic carbocycles. The summed E-state index contributed by atoms with van der Waals surface area (Å²) in [5, 5.41) is 40.5. The second-order valence-corrected chi connectivity index (χ2v) is 29.8. The number of carbonyl (C=O) groups is 4. The second kappa shape index (κ2) is 28.2. The summed E-state index contributed by atoms with van der Waals surface area (Å²) in [6.45, 7) is 16.8. The Kier molecular flexibility index (Phi) is 22.3. The fourth-order valence-electron chi connectivity index (χ4n) is 10.2. The van der Waals surface area contributed by atoms with Crippen molar-refractivity contribution in [3.8, 4) is 0 Å². The van der Waals surface area contributed by atoms with E-state index in [2.05, 4.69) is 21.3 Å². The van der Waals surface area contributed by atoms with Crippen LogP contribution in [0.2, 0.25) is 0 Å². The van der Waals surface area contributed by atoms with Gasteiger partial charge in [-0.25, -0.2) is 16.8 Å². The minimum Gasteiger partial charge on any atom is -0.388 e. The van der Waals surface area contributed by atoms with Gasteiger partial charge in [-0.2, -0.15) is 0 Å². The number of hydrogen-bond donors (Lipinski definition) is 6. The lowest BCUT2D eigenvalue weighted by Crippen LogP contribution is -2.62. The quantitative estimate of drug-likeness (QED) is 0.0288. The summed E-state index contributed by atoms with van der Waals surface area (Å²) in [6, 6.07) is 39.8. The fourth-order valence-corrected chi connectivity index (χ4v) is 12.8. The number of benzene rings is 6. The maximum absolute atomic E-state index is 14.9. The summed E-state index contributed by atoms with van der Waals surface area (Å²) in [5.41, 5.74) is 2.94. The van der Waals surface area contributed by atoms with Crippen LogP contribution in [0.5, 0.6) is 0 Å². The fraction of sp³-hybridized carbons (Fsp3) is 0.455. The van der Waals surface area contributed by atoms with Crippen LogP contribution in [0.25, 0.3) is 21.5 Å². The van der Waals surface area contributed by atoms with E-state index >= 15 is 0 Å². The lowest BCUT2D eigenvalue weighted by Gasteiger charge is -2.36. The van der Waals surface area contributed by atoms with E-state index in [1.165, 1.54) is 0 Å². The van der Waals surface area contributed by atoms with Crippen LogP contribution in [0.4, 0.5) is 0 Å². The van der Waals surface area contributed by atoms with E-state index in [0.29, 0.717) is 24.0 Å². The molecule has 0 heterocycles. The van der Waals surface area contributed by atoms with Crippen LogP contribution in [0, 0.1) is 23.7 Å². The minimum atomic E-state index is -3.86. The summed E-state index contributed by atoms with van der Waals surface area (Å²) in [4.78, 5) is 59.3. The Morgan fingerprint density at radius 3 is 1.07 bits per heavy atom. The molecular formula is C66H86N4O10S2. The molecule has 0 unspecified atom stereocenters. The van der Waals surface area contributed by atoms with Crippen molar-refractivity contribution < 1.29 is 46.2 Å². The zero-order valence-electron chi connectivity index (χ0n) is 49.3. The van der Waals surface area contributed by atoms with Crippen molar-refractivity contribution in [1.29, 1.82) is 0 Å². The van der Waals surface area contributed by atoms with Crippen molar-refractivity contribution in [2.24, 2.45) is 23.7 Å². The number of amides is 4. The molecule has 0 bridgehead atoms. The number of hydrogen-bond acceptors (Lipinski definition) is 10. The lowest BCUT2D eigenvalue weighted by molar-refractivity contribution is -0.134. The van der Waals surface area contributed by atoms with Crippen LogP contribution >= 0.6 is 0 Å². The van der Waals surface area contributed by atoms with Crippen LogP contribution in [-0.4, -0.2) is 108 Å². The standard InChI is InChI=1S/C66H86N4O10S2/c1-11-43(3)57(69-61(73)51(41-81(77,78)65(5,6)7)39-49-33-23-31-47-29-19-21-35-53(47)49)63(75)67-55(37-45-25-15-13-16-26-45)59(71)60(72)56(38-46-27-17-14-18-28-46)68-64(76)58(44(4)12-2)70-62(74)52(42-82(79,80)66(8,9)10)40-50-34-24-32-48-30-20-22-36-54(48)50/h13-36,43-44,51-52,55-60,71-72H,11-12,37-42H2,1-10H3,(H,67,75)(H,68,76)(H,69,73)(H,70,74)/t43-,44-,51+,52+,55-,56-,57-,58-,59+,60+/m0/s1. The van der Waals surface area contributed by atoms with Crippen LogP contribution < -0.4 is 21.3 Å². The zero-order valence-corrected chi connectivity index (χ0v) is 50.9. The molecule has 4 amide bonds. The Morgan fingerprint density at radius 1 is 0.427 bits per heavy atom. The summed E-state index contributed by atoms with van der Waals surface area (Å²) in [5.74, 6) is -6.75. The third-order valence-electron chi connectivity index (χ3n) is 16.2. The maximum atomic E-state index is 14.9. The third-order valence-corrected chi connectivity index (χ3v) is 21.6. The molecule has 10 atom stereocenters. The molecule has 0 saturated carbocycles. The highest BCUT2D eigenvalue weighted by Gasteiger charge is 2.41. The molecule has 0 radical (unpaired) electrons. The topological polar surface area (TPSA) is 225 Å². The number of nitrogens with one attached hydrogen (secondary N) is 4. The molecular weight excluding hydrogens is 1070 g/mol. The van der Waals surface area contributed by atoms with Crippen molar-refractivity contribution in [1.82, 2.24) is 21.3 Å². The van der Waals surface area contributed by atoms with Gasteiger partial charge in [0.25, 0.3) is 0 Å². The van der Waals surface area contributed by atoms with Crippen molar-refractivity contribution >= 4 is 64.8 Å². The molecule has 6 aromatic carbocycles. The SMILES string of the molecule is CC[C@H](C)[C@H](NC(=O)[C@H](Cc1cccc2ccccc12)CS(=O)(=O)C(C)(C)C)C(=O)N[C@@H](Cc1ccccc1)[C@@H](O)[C@H](O)[C@H](Cc1ccccc1)NC(=O)[C@@H](NC(=O)[C@H](Cc1cccc2ccccc12)CS(=O)(=O)C(C)(C)C)[C@@H](C)CC. The molecule has 0 saturated heterocycles. The first-order valence-corrected chi connectivity index (χ1v) is 32.0. The molecule has 442 valence electrons. The van der Waals surface area contributed by atoms with E-state index in [-0.39, 0.29) is 25.7 Å². The van der Waals surface area contributed by atoms with Crippen molar-refractivity contribution in [2.75, 3.05) is 11.5 Å². The molecule has 82 heavy (non-hydrogen) atoms. The van der Waals surface area contributed by atoms with Gasteiger partial charge in [0.05, 0.1) is 44.9 Å². The van der Waals surface area contributed by atoms with Gasteiger partial charge in [-0.15, -0.1) is 0 Å². The van der Waals surface area contributed by atoms with Gasteiger partial charge in [-0.1, -0.05) is 186 Å². The third kappa shape index (κ3) is 16.9. The molecule has 0 aliphatic rings. The van der Waals surface area contributed by atoms with E-state index in [4.69, 9.17) is 0 Å². The number of rotatable bonds is 27. The second-order valence-electron chi connectivity index (χ2n) is 24.2. The first-order valence-electron chi connectivity index (χ1n) is 28.7. The minimum absolute atomic E-state index is 0.00658. The van der Waals surface area contributed by atoms with Crippen LogP contribution in [0.15, 0.2) is 146 Å². The van der Waals surface area contributed by atoms with Gasteiger partial charge in [-0.3, -0.25) is 19.2 Å². The highest BCUT2D eigenvalue weighted by Crippen LogP contribution is 2.29. The van der Waals surface area contributed by atoms with E-state index in [1.807, 2.05) is 135 Å². The number of sulfone groups is 2. The predicted molar refractivity (Wildman–Crippen MR) is 328 cm³/mol. The molecule has 6 rings (SSSR count). The summed E-state index contributed by atoms with van der Waals surface area (Å²) in [6.07, 6.45) is -2.51. The van der Waals surface area contributed by atoms with Gasteiger partial charge in [-0.05, 0) is 123 Å². The largest absolute Gasteiger partial charge is 0.388 e. The Balaban J connectivity index is 1.31. The van der Waals surface area contributed by atoms with Crippen LogP contribution in [0.3, 0.4) is 0 Å². The van der Waals surface area contributed by atoms with E-state index in [1.54, 1.807) is 79.7 Å². The lowest BCUT2D eigenvalue weighted by atomic mass is 9.89. The average molecular weight is 1160 g/mol. The smallest absolute Gasteiger partial charge is 0.243 e. The number of aliphatic hydroxyl groups is 2. The Hall–Kier alpha value is -6.46. The summed E-state index contributed by atoms with van der Waals surface area (Å²) >= 11 is 0. The number of carbonyl (C=O) groups excluding carboxylic acids is 4. The van der Waals surface area contributed by atoms with Crippen molar-refractivity contribution in [3.05, 3.63) is 168 Å². The van der Waals surface area contributed by atoms with Crippen LogP contribution in [-0.2, 0) is 64.5 Å². The zero-order chi connectivity index (χ0) is 60.2. The Morgan fingerprint density at radius 2 is 0.744 bits per heavy atom. The number of aliphatic hydroxyl groups excluding tert-OH is 2. The predicted octanol–water partition coefficient (Wildman–Crippen LogP) is 8.68. The monoisotopic (exact) mass is 1160 g/mol. The normalized spacial score (nSPS) is 16.1. The van der Waals surface area contributed by atoms with Gasteiger partial charge in [0.2, 0.25) is 23.6 Å². The molecule has 0 spiro atoms. The highest BCUT2D eigenvalue weighted by atomic mass is 32.2. The molecule has 16 heteroatoms. The first kappa shape index (κ1) is 64.7. The first-order chi connectivity index (χ1) is 38.6. The molecule has 14 nitrogen and oxygen atoms in total. The molecule has 0 aromatic heterocycles. The van der Waals surface area contributed by atoms with Crippen molar-refractivity contribution in [2.45, 2.75) is 154 Å². The molecule has 6 aromatic rings. The molecule has 0 aliphatic heterocycles. The summed E-state index contributed by atoms with van der Waals surface area (Å²) < 4.78 is 53.2. The molecule has 6 N–H and O–H groups in total. The van der Waals surface area contributed by atoms with Crippen molar-refractivity contribution in [3.63, 3.8) is 0 Å². The molecule has 0 fully saturated rings. The van der Waals surface area contributed by atoms with Gasteiger partial charge in [0.15, 0.2) is 19.7 Å². The van der Waals surface area contributed by atoms with E-state index in [0.717, 1.165) is 32.7 Å². The van der Waals surface area contributed by atoms with Gasteiger partial charge >= 0.3 is 0 Å². The average Bonchev–Trinajstić information content (AvgIpc) is 3.52. The summed E-state index contributed by atoms with van der Waals surface area (Å²) in [7, 11) is -7.72. The highest BCUT2D eigenvalue weighted by molar-refractivity contribution is 7.93. The Labute approximate surface area is 486 Å². The van der Waals surface area contributed by atoms with Gasteiger partial charge in [0.1, 0.15) is 24.3 Å². The number of fused-ring (bicyclic) bond motifs is 2. The van der Waals surface area contributed by atoms with E-state index in [9.17, 15) is 46.2 Å². The van der Waals surface area contributed by atoms with Gasteiger partial charge < -0.3 is 31.5 Å².